The average molecular weight is 185 g/mol. The molecule has 1 heterocycles. The van der Waals surface area contributed by atoms with Gasteiger partial charge in [-0.1, -0.05) is 0 Å². The summed E-state index contributed by atoms with van der Waals surface area (Å²) in [4.78, 5) is 12.5. The first kappa shape index (κ1) is 9.69. The van der Waals surface area contributed by atoms with Crippen LogP contribution in [0, 0.1) is 10.1 Å². The topological polar surface area (TPSA) is 105 Å². The Hall–Kier alpha value is -1.40. The van der Waals surface area contributed by atoms with Crippen molar-refractivity contribution in [2.75, 3.05) is 6.61 Å². The molecule has 0 saturated heterocycles. The molecule has 13 heavy (non-hydrogen) atoms. The second-order valence-electron chi connectivity index (χ2n) is 2.69. The van der Waals surface area contributed by atoms with Crippen LogP contribution >= 0.6 is 0 Å². The fraction of sp³-hybridized carbons (Fsp3) is 0.429. The van der Waals surface area contributed by atoms with Crippen molar-refractivity contribution >= 4 is 5.69 Å². The van der Waals surface area contributed by atoms with Crippen molar-refractivity contribution in [2.45, 2.75) is 12.5 Å². The van der Waals surface area contributed by atoms with Gasteiger partial charge in [-0.05, 0) is 6.42 Å². The number of nitrogens with zero attached hydrogens (tertiary/aromatic N) is 1. The van der Waals surface area contributed by atoms with E-state index in [1.54, 1.807) is 0 Å². The van der Waals surface area contributed by atoms with Crippen molar-refractivity contribution < 1.29 is 10.0 Å². The van der Waals surface area contributed by atoms with E-state index in [1.807, 2.05) is 0 Å². The fourth-order valence-corrected chi connectivity index (χ4v) is 1.01. The normalized spacial score (nSPS) is 12.8. The Balaban J connectivity index is 2.73. The van der Waals surface area contributed by atoms with Crippen LogP contribution in [0.1, 0.15) is 18.2 Å². The van der Waals surface area contributed by atoms with Gasteiger partial charge < -0.3 is 15.8 Å². The number of aliphatic hydroxyl groups excluding tert-OH is 1. The molecule has 1 aromatic rings. The summed E-state index contributed by atoms with van der Waals surface area (Å²) in [5.74, 6) is 0. The van der Waals surface area contributed by atoms with E-state index >= 15 is 0 Å². The molecule has 0 spiro atoms. The van der Waals surface area contributed by atoms with Crippen LogP contribution in [0.4, 0.5) is 5.69 Å². The Labute approximate surface area is 74.5 Å². The van der Waals surface area contributed by atoms with Gasteiger partial charge in [0.2, 0.25) is 0 Å². The molecule has 4 N–H and O–H groups in total. The van der Waals surface area contributed by atoms with E-state index in [1.165, 1.54) is 12.3 Å². The van der Waals surface area contributed by atoms with E-state index in [0.29, 0.717) is 12.1 Å². The Morgan fingerprint density at radius 1 is 1.77 bits per heavy atom. The summed E-state index contributed by atoms with van der Waals surface area (Å²) < 4.78 is 0. The van der Waals surface area contributed by atoms with E-state index in [4.69, 9.17) is 10.8 Å². The Kier molecular flexibility index (Phi) is 2.99. The zero-order valence-electron chi connectivity index (χ0n) is 6.93. The SMILES string of the molecule is N[C@@H](CCO)c1cc([N+](=O)[O-])c[nH]1. The molecule has 0 unspecified atom stereocenters. The lowest BCUT2D eigenvalue weighted by atomic mass is 10.1. The largest absolute Gasteiger partial charge is 0.396 e. The van der Waals surface area contributed by atoms with Crippen LogP contribution in [-0.4, -0.2) is 21.6 Å². The van der Waals surface area contributed by atoms with Crippen LogP contribution in [0.3, 0.4) is 0 Å². The maximum Gasteiger partial charge on any atom is 0.287 e. The standard InChI is InChI=1S/C7H11N3O3/c8-6(1-2-11)7-3-5(4-9-7)10(12)13/h3-4,6,9,11H,1-2,8H2/t6-/m0/s1. The summed E-state index contributed by atoms with van der Waals surface area (Å²) in [7, 11) is 0. The summed E-state index contributed by atoms with van der Waals surface area (Å²) in [6.45, 7) is -0.0337. The number of aromatic amines is 1. The van der Waals surface area contributed by atoms with Crippen molar-refractivity contribution in [3.8, 4) is 0 Å². The third kappa shape index (κ3) is 2.27. The van der Waals surface area contributed by atoms with Crippen molar-refractivity contribution in [1.82, 2.24) is 4.98 Å². The third-order valence-electron chi connectivity index (χ3n) is 1.74. The maximum atomic E-state index is 10.3. The molecule has 0 bridgehead atoms. The minimum Gasteiger partial charge on any atom is -0.396 e. The Bertz CT molecular complexity index is 297. The third-order valence-corrected chi connectivity index (χ3v) is 1.74. The summed E-state index contributed by atoms with van der Waals surface area (Å²) >= 11 is 0. The second-order valence-corrected chi connectivity index (χ2v) is 2.69. The van der Waals surface area contributed by atoms with Gasteiger partial charge in [0.25, 0.3) is 5.69 Å². The van der Waals surface area contributed by atoms with Crippen LogP contribution in [0.5, 0.6) is 0 Å². The van der Waals surface area contributed by atoms with Crippen LogP contribution in [0.2, 0.25) is 0 Å². The van der Waals surface area contributed by atoms with Crippen LogP contribution in [-0.2, 0) is 0 Å². The van der Waals surface area contributed by atoms with Gasteiger partial charge in [-0.3, -0.25) is 10.1 Å². The monoisotopic (exact) mass is 185 g/mol. The number of aromatic nitrogens is 1. The molecule has 0 saturated carbocycles. The first-order chi connectivity index (χ1) is 6.15. The molecule has 0 aliphatic carbocycles. The van der Waals surface area contributed by atoms with Gasteiger partial charge in [0.15, 0.2) is 0 Å². The summed E-state index contributed by atoms with van der Waals surface area (Å²) in [6.07, 6.45) is 1.67. The molecule has 72 valence electrons. The minimum atomic E-state index is -0.494. The molecule has 1 aromatic heterocycles. The predicted molar refractivity (Wildman–Crippen MR) is 46.1 cm³/mol. The predicted octanol–water partition coefficient (Wildman–Crippen LogP) is 0.305. The first-order valence-electron chi connectivity index (χ1n) is 3.84. The molecule has 1 atom stereocenters. The molecule has 6 heteroatoms. The number of H-pyrrole nitrogens is 1. The number of nitrogens with one attached hydrogen (secondary N) is 1. The van der Waals surface area contributed by atoms with Gasteiger partial charge in [-0.15, -0.1) is 0 Å². The summed E-state index contributed by atoms with van der Waals surface area (Å²) in [5, 5.41) is 18.9. The lowest BCUT2D eigenvalue weighted by molar-refractivity contribution is -0.384. The highest BCUT2D eigenvalue weighted by atomic mass is 16.6. The number of aliphatic hydroxyl groups is 1. The molecule has 0 aliphatic heterocycles. The van der Waals surface area contributed by atoms with Crippen molar-refractivity contribution in [1.29, 1.82) is 0 Å². The van der Waals surface area contributed by atoms with Crippen molar-refractivity contribution in [3.63, 3.8) is 0 Å². The summed E-state index contributed by atoms with van der Waals surface area (Å²) in [6, 6.07) is 0.999. The minimum absolute atomic E-state index is 0.0108. The molecule has 0 amide bonds. The molecule has 6 nitrogen and oxygen atoms in total. The number of rotatable bonds is 4. The molecule has 1 rings (SSSR count). The average Bonchev–Trinajstić information content (AvgIpc) is 2.52. The number of hydrogen-bond acceptors (Lipinski definition) is 4. The quantitative estimate of drug-likeness (QED) is 0.463. The van der Waals surface area contributed by atoms with Crippen molar-refractivity contribution in [2.24, 2.45) is 5.73 Å². The molecule has 0 aromatic carbocycles. The first-order valence-corrected chi connectivity index (χ1v) is 3.84. The van der Waals surface area contributed by atoms with E-state index in [9.17, 15) is 10.1 Å². The number of nitro groups is 1. The van der Waals surface area contributed by atoms with Gasteiger partial charge in [-0.25, -0.2) is 0 Å². The van der Waals surface area contributed by atoms with Crippen LogP contribution in [0.25, 0.3) is 0 Å². The van der Waals surface area contributed by atoms with E-state index in [-0.39, 0.29) is 18.3 Å². The smallest absolute Gasteiger partial charge is 0.287 e. The van der Waals surface area contributed by atoms with E-state index in [2.05, 4.69) is 4.98 Å². The van der Waals surface area contributed by atoms with Gasteiger partial charge >= 0.3 is 0 Å². The fourth-order valence-electron chi connectivity index (χ4n) is 1.01. The zero-order chi connectivity index (χ0) is 9.84. The van der Waals surface area contributed by atoms with Crippen LogP contribution in [0.15, 0.2) is 12.3 Å². The lowest BCUT2D eigenvalue weighted by Crippen LogP contribution is -2.11. The van der Waals surface area contributed by atoms with Gasteiger partial charge in [-0.2, -0.15) is 0 Å². The molecular weight excluding hydrogens is 174 g/mol. The van der Waals surface area contributed by atoms with E-state index < -0.39 is 4.92 Å². The summed E-state index contributed by atoms with van der Waals surface area (Å²) in [5.41, 5.74) is 6.16. The number of nitrogens with two attached hydrogens (primary N) is 1. The molecule has 0 radical (unpaired) electrons. The van der Waals surface area contributed by atoms with Crippen LogP contribution < -0.4 is 5.73 Å². The zero-order valence-corrected chi connectivity index (χ0v) is 6.93. The number of hydrogen-bond donors (Lipinski definition) is 3. The highest BCUT2D eigenvalue weighted by Gasteiger charge is 2.13. The van der Waals surface area contributed by atoms with Gasteiger partial charge in [0.05, 0.1) is 11.1 Å². The molecule has 0 aliphatic rings. The van der Waals surface area contributed by atoms with Crippen molar-refractivity contribution in [3.05, 3.63) is 28.1 Å². The highest BCUT2D eigenvalue weighted by Crippen LogP contribution is 2.18. The van der Waals surface area contributed by atoms with Gasteiger partial charge in [0.1, 0.15) is 0 Å². The maximum absolute atomic E-state index is 10.3. The Morgan fingerprint density at radius 2 is 2.46 bits per heavy atom. The molecular formula is C7H11N3O3. The molecule has 0 fully saturated rings. The second kappa shape index (κ2) is 4.01. The lowest BCUT2D eigenvalue weighted by Gasteiger charge is -2.05. The highest BCUT2D eigenvalue weighted by molar-refractivity contribution is 5.31. The van der Waals surface area contributed by atoms with Gasteiger partial charge in [0, 0.05) is 24.4 Å². The Morgan fingerprint density at radius 3 is 2.92 bits per heavy atom. The van der Waals surface area contributed by atoms with E-state index in [0.717, 1.165) is 0 Å².